The highest BCUT2D eigenvalue weighted by Gasteiger charge is 2.37. The Labute approximate surface area is 142 Å². The molecule has 132 valence electrons. The van der Waals surface area contributed by atoms with E-state index in [1.807, 2.05) is 4.90 Å². The first kappa shape index (κ1) is 17.4. The van der Waals surface area contributed by atoms with Crippen LogP contribution >= 0.6 is 0 Å². The van der Waals surface area contributed by atoms with E-state index in [0.29, 0.717) is 26.1 Å². The van der Waals surface area contributed by atoms with E-state index in [-0.39, 0.29) is 22.4 Å². The van der Waals surface area contributed by atoms with Crippen molar-refractivity contribution in [1.29, 1.82) is 0 Å². The van der Waals surface area contributed by atoms with Crippen molar-refractivity contribution in [2.75, 3.05) is 26.0 Å². The zero-order valence-corrected chi connectivity index (χ0v) is 14.7. The van der Waals surface area contributed by atoms with Gasteiger partial charge in [0.15, 0.2) is 9.84 Å². The lowest BCUT2D eigenvalue weighted by molar-refractivity contribution is -0.141. The number of nitrogens with zero attached hydrogens (tertiary/aromatic N) is 1. The number of ether oxygens (including phenoxy) is 1. The molecule has 1 unspecified atom stereocenters. The molecule has 1 heterocycles. The van der Waals surface area contributed by atoms with Crippen molar-refractivity contribution in [1.82, 2.24) is 4.90 Å². The first-order valence-corrected chi connectivity index (χ1v) is 10.1. The van der Waals surface area contributed by atoms with Crippen LogP contribution in [0.3, 0.4) is 0 Å². The smallest absolute Gasteiger partial charge is 0.224 e. The molecule has 1 atom stereocenters. The number of morpholine rings is 1. The van der Waals surface area contributed by atoms with E-state index in [1.54, 1.807) is 24.3 Å². The quantitative estimate of drug-likeness (QED) is 0.881. The van der Waals surface area contributed by atoms with Crippen molar-refractivity contribution in [3.63, 3.8) is 0 Å². The lowest BCUT2D eigenvalue weighted by Gasteiger charge is -2.40. The third-order valence-corrected chi connectivity index (χ3v) is 6.08. The monoisotopic (exact) mass is 352 g/mol. The molecule has 2 fully saturated rings. The average Bonchev–Trinajstić information content (AvgIpc) is 2.53. The highest BCUT2D eigenvalue weighted by molar-refractivity contribution is 7.90. The molecule has 1 saturated heterocycles. The maximum absolute atomic E-state index is 12.5. The van der Waals surface area contributed by atoms with Crippen LogP contribution in [0.2, 0.25) is 0 Å². The molecule has 1 aliphatic carbocycles. The van der Waals surface area contributed by atoms with Gasteiger partial charge in [-0.1, -0.05) is 12.1 Å². The summed E-state index contributed by atoms with van der Waals surface area (Å²) in [5, 5.41) is 0. The summed E-state index contributed by atoms with van der Waals surface area (Å²) in [5.74, 6) is 0.0817. The molecule has 0 radical (unpaired) electrons. The van der Waals surface area contributed by atoms with E-state index >= 15 is 0 Å². The highest BCUT2D eigenvalue weighted by atomic mass is 32.2. The largest absolute Gasteiger partial charge is 0.370 e. The fourth-order valence-electron chi connectivity index (χ4n) is 3.23. The Morgan fingerprint density at radius 3 is 2.54 bits per heavy atom. The van der Waals surface area contributed by atoms with Gasteiger partial charge in [0.1, 0.15) is 6.10 Å². The minimum Gasteiger partial charge on any atom is -0.370 e. The molecule has 0 bridgehead atoms. The first-order chi connectivity index (χ1) is 11.3. The van der Waals surface area contributed by atoms with E-state index in [1.165, 1.54) is 6.26 Å². The maximum atomic E-state index is 12.5. The summed E-state index contributed by atoms with van der Waals surface area (Å²) < 4.78 is 28.8. The highest BCUT2D eigenvalue weighted by Crippen LogP contribution is 2.33. The topological polar surface area (TPSA) is 89.7 Å². The Hall–Kier alpha value is -1.44. The molecular weight excluding hydrogens is 328 g/mol. The first-order valence-electron chi connectivity index (χ1n) is 8.25. The lowest BCUT2D eigenvalue weighted by Crippen LogP contribution is -2.52. The fraction of sp³-hybridized carbons (Fsp3) is 0.588. The summed E-state index contributed by atoms with van der Waals surface area (Å²) in [6, 6.07) is 6.67. The van der Waals surface area contributed by atoms with E-state index in [4.69, 9.17) is 10.5 Å². The van der Waals surface area contributed by atoms with Gasteiger partial charge in [0, 0.05) is 24.8 Å². The Kier molecular flexibility index (Phi) is 4.68. The number of sulfone groups is 1. The summed E-state index contributed by atoms with van der Waals surface area (Å²) in [6.45, 7) is 1.53. The SMILES string of the molecule is CS(=O)(=O)c1ccc(C2CN(C(=O)CC3(N)CCC3)CCO2)cc1. The Balaban J connectivity index is 1.65. The van der Waals surface area contributed by atoms with Crippen molar-refractivity contribution in [3.8, 4) is 0 Å². The van der Waals surface area contributed by atoms with Gasteiger partial charge in [-0.05, 0) is 37.0 Å². The minimum atomic E-state index is -3.21. The second kappa shape index (κ2) is 6.46. The van der Waals surface area contributed by atoms with Gasteiger partial charge in [-0.3, -0.25) is 4.79 Å². The predicted octanol–water partition coefficient (Wildman–Crippen LogP) is 1.26. The maximum Gasteiger partial charge on any atom is 0.224 e. The summed E-state index contributed by atoms with van der Waals surface area (Å²) in [6.07, 6.45) is 4.28. The molecule has 2 N–H and O–H groups in total. The number of rotatable bonds is 4. The Morgan fingerprint density at radius 1 is 1.33 bits per heavy atom. The number of hydrogen-bond acceptors (Lipinski definition) is 5. The lowest BCUT2D eigenvalue weighted by atomic mass is 9.75. The van der Waals surface area contributed by atoms with Gasteiger partial charge in [0.05, 0.1) is 18.0 Å². The average molecular weight is 352 g/mol. The van der Waals surface area contributed by atoms with Gasteiger partial charge in [-0.15, -0.1) is 0 Å². The number of hydrogen-bond donors (Lipinski definition) is 1. The van der Waals surface area contributed by atoms with Gasteiger partial charge >= 0.3 is 0 Å². The van der Waals surface area contributed by atoms with E-state index in [0.717, 1.165) is 24.8 Å². The van der Waals surface area contributed by atoms with Gasteiger partial charge in [0.2, 0.25) is 5.91 Å². The van der Waals surface area contributed by atoms with Gasteiger partial charge in [-0.2, -0.15) is 0 Å². The molecule has 3 rings (SSSR count). The van der Waals surface area contributed by atoms with Crippen molar-refractivity contribution < 1.29 is 17.9 Å². The molecule has 2 aliphatic rings. The molecule has 1 amide bonds. The zero-order chi connectivity index (χ0) is 17.4. The Morgan fingerprint density at radius 2 is 2.00 bits per heavy atom. The fourth-order valence-corrected chi connectivity index (χ4v) is 3.86. The number of nitrogens with two attached hydrogens (primary N) is 1. The minimum absolute atomic E-state index is 0.0817. The molecule has 1 aromatic rings. The van der Waals surface area contributed by atoms with Crippen molar-refractivity contribution >= 4 is 15.7 Å². The summed E-state index contributed by atoms with van der Waals surface area (Å²) in [5.41, 5.74) is 6.74. The Bertz CT molecular complexity index is 711. The second-order valence-corrected chi connectivity index (χ2v) is 8.95. The van der Waals surface area contributed by atoms with Crippen LogP contribution in [0.4, 0.5) is 0 Å². The standard InChI is InChI=1S/C17H24N2O4S/c1-24(21,22)14-5-3-13(4-6-14)15-12-19(9-10-23-15)16(20)11-17(18)7-2-8-17/h3-6,15H,2,7-12,18H2,1H3. The van der Waals surface area contributed by atoms with Crippen LogP contribution in [-0.4, -0.2) is 50.7 Å². The van der Waals surface area contributed by atoms with Crippen LogP contribution in [0.5, 0.6) is 0 Å². The number of carbonyl (C=O) groups is 1. The molecule has 1 aromatic carbocycles. The molecule has 0 spiro atoms. The van der Waals surface area contributed by atoms with Gasteiger partial charge < -0.3 is 15.4 Å². The summed E-state index contributed by atoms with van der Waals surface area (Å²) >= 11 is 0. The van der Waals surface area contributed by atoms with Crippen LogP contribution in [0.25, 0.3) is 0 Å². The number of carbonyl (C=O) groups excluding carboxylic acids is 1. The zero-order valence-electron chi connectivity index (χ0n) is 13.9. The summed E-state index contributed by atoms with van der Waals surface area (Å²) in [4.78, 5) is 14.6. The molecule has 1 saturated carbocycles. The normalized spacial score (nSPS) is 23.6. The van der Waals surface area contributed by atoms with Gasteiger partial charge in [0.25, 0.3) is 0 Å². The molecule has 1 aliphatic heterocycles. The van der Waals surface area contributed by atoms with Crippen LogP contribution in [0, 0.1) is 0 Å². The third-order valence-electron chi connectivity index (χ3n) is 4.95. The van der Waals surface area contributed by atoms with Crippen LogP contribution < -0.4 is 5.73 Å². The van der Waals surface area contributed by atoms with Crippen LogP contribution in [-0.2, 0) is 19.4 Å². The number of amides is 1. The van der Waals surface area contributed by atoms with Crippen LogP contribution in [0.15, 0.2) is 29.2 Å². The second-order valence-electron chi connectivity index (χ2n) is 6.93. The molecule has 6 nitrogen and oxygen atoms in total. The van der Waals surface area contributed by atoms with E-state index in [2.05, 4.69) is 0 Å². The van der Waals surface area contributed by atoms with E-state index in [9.17, 15) is 13.2 Å². The van der Waals surface area contributed by atoms with Crippen LogP contribution in [0.1, 0.15) is 37.4 Å². The van der Waals surface area contributed by atoms with Gasteiger partial charge in [-0.25, -0.2) is 8.42 Å². The molecule has 0 aromatic heterocycles. The molecular formula is C17H24N2O4S. The van der Waals surface area contributed by atoms with Crippen molar-refractivity contribution in [2.45, 2.75) is 42.2 Å². The predicted molar refractivity (Wildman–Crippen MR) is 90.2 cm³/mol. The molecule has 7 heteroatoms. The van der Waals surface area contributed by atoms with E-state index < -0.39 is 9.84 Å². The third kappa shape index (κ3) is 3.79. The number of benzene rings is 1. The summed E-state index contributed by atoms with van der Waals surface area (Å²) in [7, 11) is -3.21. The van der Waals surface area contributed by atoms with Crippen molar-refractivity contribution in [3.05, 3.63) is 29.8 Å². The molecule has 24 heavy (non-hydrogen) atoms. The van der Waals surface area contributed by atoms with Crippen molar-refractivity contribution in [2.24, 2.45) is 5.73 Å².